The van der Waals surface area contributed by atoms with Crippen molar-refractivity contribution < 1.29 is 9.16 Å². The number of benzene rings is 1. The van der Waals surface area contributed by atoms with E-state index in [9.17, 15) is 0 Å². The third-order valence-electron chi connectivity index (χ3n) is 6.15. The molecule has 3 atom stereocenters. The first-order valence-corrected chi connectivity index (χ1v) is 12.4. The number of hydrogen-bond acceptors (Lipinski definition) is 3. The number of likely N-dealkylation sites (N-methyl/N-ethyl adjacent to an activating group) is 1. The summed E-state index contributed by atoms with van der Waals surface area (Å²) < 4.78 is 13.5. The molecule has 0 aromatic heterocycles. The minimum Gasteiger partial charge on any atom is -0.409 e. The van der Waals surface area contributed by atoms with Crippen LogP contribution in [0.15, 0.2) is 30.3 Å². The Bertz CT molecular complexity index is 525. The molecule has 1 fully saturated rings. The molecule has 0 amide bonds. The van der Waals surface area contributed by atoms with E-state index in [1.807, 2.05) is 0 Å². The molecule has 0 radical (unpaired) electrons. The van der Waals surface area contributed by atoms with Gasteiger partial charge in [0.1, 0.15) is 6.23 Å². The molecular formula is C22H39NO2Si. The van der Waals surface area contributed by atoms with Gasteiger partial charge in [0, 0.05) is 6.54 Å². The van der Waals surface area contributed by atoms with Gasteiger partial charge in [-0.05, 0) is 42.6 Å². The second kappa shape index (κ2) is 9.00. The highest BCUT2D eigenvalue weighted by Crippen LogP contribution is 2.44. The molecule has 1 saturated heterocycles. The smallest absolute Gasteiger partial charge is 0.200 e. The van der Waals surface area contributed by atoms with Gasteiger partial charge in [0.2, 0.25) is 8.32 Å². The molecule has 0 saturated carbocycles. The van der Waals surface area contributed by atoms with Crippen molar-refractivity contribution in [1.82, 2.24) is 4.90 Å². The highest BCUT2D eigenvalue weighted by atomic mass is 28.4. The topological polar surface area (TPSA) is 21.7 Å². The van der Waals surface area contributed by atoms with E-state index in [-0.39, 0.29) is 18.4 Å². The quantitative estimate of drug-likeness (QED) is 0.545. The largest absolute Gasteiger partial charge is 0.409 e. The van der Waals surface area contributed by atoms with Crippen LogP contribution in [0.5, 0.6) is 0 Å². The van der Waals surface area contributed by atoms with Crippen molar-refractivity contribution in [3.63, 3.8) is 0 Å². The summed E-state index contributed by atoms with van der Waals surface area (Å²) >= 11 is 0. The van der Waals surface area contributed by atoms with E-state index in [0.717, 1.165) is 13.0 Å². The molecule has 148 valence electrons. The molecule has 1 aromatic carbocycles. The van der Waals surface area contributed by atoms with Gasteiger partial charge < -0.3 is 9.16 Å². The molecule has 1 aliphatic rings. The van der Waals surface area contributed by atoms with Crippen LogP contribution in [0.25, 0.3) is 0 Å². The van der Waals surface area contributed by atoms with Gasteiger partial charge in [-0.3, -0.25) is 4.90 Å². The minimum absolute atomic E-state index is 0.0112. The van der Waals surface area contributed by atoms with Gasteiger partial charge in [-0.2, -0.15) is 0 Å². The molecule has 0 aliphatic carbocycles. The fraction of sp³-hybridized carbons (Fsp3) is 0.727. The van der Waals surface area contributed by atoms with E-state index in [4.69, 9.17) is 9.16 Å². The first-order chi connectivity index (χ1) is 12.2. The molecule has 0 bridgehead atoms. The number of rotatable bonds is 7. The summed E-state index contributed by atoms with van der Waals surface area (Å²) in [7, 11) is 0.250. The maximum absolute atomic E-state index is 6.99. The lowest BCUT2D eigenvalue weighted by molar-refractivity contribution is -0.171. The second-order valence-electron chi connectivity index (χ2n) is 8.84. The van der Waals surface area contributed by atoms with E-state index in [0.29, 0.717) is 16.6 Å². The third-order valence-corrected chi connectivity index (χ3v) is 12.3. The zero-order valence-corrected chi connectivity index (χ0v) is 19.0. The maximum atomic E-state index is 6.99. The summed E-state index contributed by atoms with van der Waals surface area (Å²) in [4.78, 5) is 2.32. The molecule has 1 aliphatic heterocycles. The number of hydrogen-bond donors (Lipinski definition) is 0. The maximum Gasteiger partial charge on any atom is 0.200 e. The van der Waals surface area contributed by atoms with E-state index in [2.05, 4.69) is 90.7 Å². The predicted molar refractivity (Wildman–Crippen MR) is 113 cm³/mol. The van der Waals surface area contributed by atoms with Crippen molar-refractivity contribution in [3.05, 3.63) is 35.9 Å². The second-order valence-corrected chi connectivity index (χ2v) is 14.2. The minimum atomic E-state index is -1.91. The normalized spacial score (nSPS) is 23.8. The molecule has 0 unspecified atom stereocenters. The fourth-order valence-corrected chi connectivity index (χ4v) is 10.5. The van der Waals surface area contributed by atoms with Crippen LogP contribution in [0.1, 0.15) is 66.6 Å². The fourth-order valence-electron chi connectivity index (χ4n) is 4.96. The lowest BCUT2D eigenvalue weighted by atomic mass is 10.0. The number of ether oxygens (including phenoxy) is 1. The summed E-state index contributed by atoms with van der Waals surface area (Å²) in [5.41, 5.74) is 3.04. The summed E-state index contributed by atoms with van der Waals surface area (Å²) in [6.07, 6.45) is 1.28. The van der Waals surface area contributed by atoms with Crippen molar-refractivity contribution in [2.75, 3.05) is 13.6 Å². The molecule has 0 N–H and O–H groups in total. The molecule has 4 heteroatoms. The highest BCUT2D eigenvalue weighted by Gasteiger charge is 2.47. The Morgan fingerprint density at radius 2 is 1.50 bits per heavy atom. The summed E-state index contributed by atoms with van der Waals surface area (Å²) in [6.45, 7) is 17.3. The van der Waals surface area contributed by atoms with Crippen molar-refractivity contribution in [2.24, 2.45) is 0 Å². The van der Waals surface area contributed by atoms with Crippen molar-refractivity contribution in [1.29, 1.82) is 0 Å². The number of nitrogens with zero attached hydrogens (tertiary/aromatic N) is 1. The Morgan fingerprint density at radius 1 is 0.962 bits per heavy atom. The summed E-state index contributed by atoms with van der Waals surface area (Å²) in [5.74, 6) is 0. The van der Waals surface area contributed by atoms with E-state index < -0.39 is 8.32 Å². The van der Waals surface area contributed by atoms with Crippen molar-refractivity contribution in [2.45, 2.75) is 89.9 Å². The molecule has 2 rings (SSSR count). The van der Waals surface area contributed by atoms with E-state index in [1.165, 1.54) is 5.56 Å². The van der Waals surface area contributed by atoms with Crippen LogP contribution in [0.2, 0.25) is 16.6 Å². The monoisotopic (exact) mass is 377 g/mol. The molecule has 1 heterocycles. The van der Waals surface area contributed by atoms with Crippen molar-refractivity contribution in [3.8, 4) is 0 Å². The van der Waals surface area contributed by atoms with E-state index >= 15 is 0 Å². The zero-order valence-electron chi connectivity index (χ0n) is 18.0. The molecule has 3 nitrogen and oxygen atoms in total. The van der Waals surface area contributed by atoms with Gasteiger partial charge in [0.15, 0.2) is 0 Å². The van der Waals surface area contributed by atoms with Crippen LogP contribution < -0.4 is 0 Å². The predicted octanol–water partition coefficient (Wildman–Crippen LogP) is 5.99. The van der Waals surface area contributed by atoms with Gasteiger partial charge in [-0.1, -0.05) is 71.9 Å². The first-order valence-electron chi connectivity index (χ1n) is 10.3. The van der Waals surface area contributed by atoms with Crippen LogP contribution in [0.4, 0.5) is 0 Å². The SMILES string of the molecule is CC(C)[Si](O[C@@H](C)[C@@H]1O[C@H](c2ccccc2)CCN1C)(C(C)C)C(C)C. The Balaban J connectivity index is 2.19. The highest BCUT2D eigenvalue weighted by molar-refractivity contribution is 6.77. The van der Waals surface area contributed by atoms with Gasteiger partial charge in [-0.15, -0.1) is 0 Å². The first kappa shape index (κ1) is 21.6. The van der Waals surface area contributed by atoms with Crippen LogP contribution in [0, 0.1) is 0 Å². The molecule has 1 aromatic rings. The molecular weight excluding hydrogens is 338 g/mol. The van der Waals surface area contributed by atoms with Crippen LogP contribution in [0.3, 0.4) is 0 Å². The summed E-state index contributed by atoms with van der Waals surface area (Å²) in [5, 5.41) is 0. The summed E-state index contributed by atoms with van der Waals surface area (Å²) in [6, 6.07) is 10.6. The lowest BCUT2D eigenvalue weighted by Gasteiger charge is -2.48. The standard InChI is InChI=1S/C22H39NO2Si/c1-16(2)26(17(3)4,18(5)6)25-19(7)22-23(8)15-14-21(24-22)20-12-10-9-11-13-20/h9-13,16-19,21-22H,14-15H2,1-8H3/t19-,21-,22-/m0/s1. The Labute approximate surface area is 162 Å². The Hall–Kier alpha value is -0.683. The van der Waals surface area contributed by atoms with Crippen molar-refractivity contribution >= 4 is 8.32 Å². The van der Waals surface area contributed by atoms with Gasteiger partial charge in [0.05, 0.1) is 12.2 Å². The van der Waals surface area contributed by atoms with Gasteiger partial charge >= 0.3 is 0 Å². The molecule has 0 spiro atoms. The third kappa shape index (κ3) is 4.41. The average Bonchev–Trinajstić information content (AvgIpc) is 2.59. The van der Waals surface area contributed by atoms with Crippen LogP contribution in [-0.4, -0.2) is 39.1 Å². The van der Waals surface area contributed by atoms with E-state index in [1.54, 1.807) is 0 Å². The Morgan fingerprint density at radius 3 is 2.00 bits per heavy atom. The Kier molecular flexibility index (Phi) is 7.49. The van der Waals surface area contributed by atoms with Gasteiger partial charge in [-0.25, -0.2) is 0 Å². The molecule has 26 heavy (non-hydrogen) atoms. The lowest BCUT2D eigenvalue weighted by Crippen LogP contribution is -2.56. The average molecular weight is 378 g/mol. The van der Waals surface area contributed by atoms with Gasteiger partial charge in [0.25, 0.3) is 0 Å². The van der Waals surface area contributed by atoms with Crippen LogP contribution in [-0.2, 0) is 9.16 Å². The zero-order chi connectivity index (χ0) is 19.5. The van der Waals surface area contributed by atoms with Crippen LogP contribution >= 0.6 is 0 Å².